The van der Waals surface area contributed by atoms with Crippen LogP contribution in [0.4, 0.5) is 0 Å². The number of fused-ring (bicyclic) bond motifs is 1. The number of hydrogen-bond donors (Lipinski definition) is 1. The van der Waals surface area contributed by atoms with Gasteiger partial charge in [-0.3, -0.25) is 19.3 Å². The molecule has 0 unspecified atom stereocenters. The van der Waals surface area contributed by atoms with Gasteiger partial charge >= 0.3 is 0 Å². The third kappa shape index (κ3) is 3.55. The van der Waals surface area contributed by atoms with Crippen LogP contribution in [-0.2, 0) is 11.2 Å². The van der Waals surface area contributed by atoms with E-state index in [1.807, 2.05) is 0 Å². The SMILES string of the molecule is COc1ccc(Cl)c(CCNC(=O)CN2C(=O)c3ccccc3C2=O)c1. The molecule has 0 atom stereocenters. The Bertz CT molecular complexity index is 847. The van der Waals surface area contributed by atoms with Gasteiger partial charge in [0.1, 0.15) is 12.3 Å². The lowest BCUT2D eigenvalue weighted by Gasteiger charge is -2.14. The second-order valence-corrected chi connectivity index (χ2v) is 6.21. The summed E-state index contributed by atoms with van der Waals surface area (Å²) in [5.74, 6) is -0.617. The molecule has 2 aromatic carbocycles. The fraction of sp³-hybridized carbons (Fsp3) is 0.211. The monoisotopic (exact) mass is 372 g/mol. The van der Waals surface area contributed by atoms with E-state index >= 15 is 0 Å². The van der Waals surface area contributed by atoms with Crippen LogP contribution < -0.4 is 10.1 Å². The summed E-state index contributed by atoms with van der Waals surface area (Å²) in [7, 11) is 1.57. The topological polar surface area (TPSA) is 75.7 Å². The first-order valence-electron chi connectivity index (χ1n) is 8.05. The van der Waals surface area contributed by atoms with Crippen molar-refractivity contribution in [3.63, 3.8) is 0 Å². The van der Waals surface area contributed by atoms with Crippen LogP contribution in [0.25, 0.3) is 0 Å². The fourth-order valence-corrected chi connectivity index (χ4v) is 3.00. The maximum absolute atomic E-state index is 12.2. The molecule has 1 heterocycles. The van der Waals surface area contributed by atoms with Gasteiger partial charge in [-0.1, -0.05) is 23.7 Å². The molecule has 7 heteroatoms. The average molecular weight is 373 g/mol. The maximum atomic E-state index is 12.2. The summed E-state index contributed by atoms with van der Waals surface area (Å²) in [6.07, 6.45) is 0.504. The Morgan fingerprint density at radius 2 is 1.77 bits per heavy atom. The Morgan fingerprint density at radius 1 is 1.12 bits per heavy atom. The Kier molecular flexibility index (Phi) is 5.23. The first kappa shape index (κ1) is 17.9. The molecule has 1 N–H and O–H groups in total. The number of hydrogen-bond acceptors (Lipinski definition) is 4. The molecule has 1 aliphatic heterocycles. The number of benzene rings is 2. The van der Waals surface area contributed by atoms with Crippen molar-refractivity contribution in [2.45, 2.75) is 6.42 Å². The Labute approximate surface area is 155 Å². The van der Waals surface area contributed by atoms with Gasteiger partial charge in [0, 0.05) is 11.6 Å². The number of halogens is 1. The predicted molar refractivity (Wildman–Crippen MR) is 96.5 cm³/mol. The second kappa shape index (κ2) is 7.58. The highest BCUT2D eigenvalue weighted by atomic mass is 35.5. The zero-order valence-electron chi connectivity index (χ0n) is 14.1. The number of nitrogens with one attached hydrogen (secondary N) is 1. The number of carbonyl (C=O) groups excluding carboxylic acids is 3. The van der Waals surface area contributed by atoms with E-state index in [-0.39, 0.29) is 6.54 Å². The van der Waals surface area contributed by atoms with Crippen LogP contribution in [0.3, 0.4) is 0 Å². The average Bonchev–Trinajstić information content (AvgIpc) is 2.88. The van der Waals surface area contributed by atoms with Crippen molar-refractivity contribution in [2.24, 2.45) is 0 Å². The molecule has 0 bridgehead atoms. The van der Waals surface area contributed by atoms with Crippen molar-refractivity contribution in [3.8, 4) is 5.75 Å². The lowest BCUT2D eigenvalue weighted by atomic mass is 10.1. The standard InChI is InChI=1S/C19H17ClN2O4/c1-26-13-6-7-16(20)12(10-13)8-9-21-17(23)11-22-18(24)14-4-2-3-5-15(14)19(22)25/h2-7,10H,8-9,11H2,1H3,(H,21,23). The van der Waals surface area contributed by atoms with E-state index in [4.69, 9.17) is 16.3 Å². The lowest BCUT2D eigenvalue weighted by Crippen LogP contribution is -2.40. The van der Waals surface area contributed by atoms with E-state index in [1.54, 1.807) is 49.6 Å². The zero-order chi connectivity index (χ0) is 18.7. The van der Waals surface area contributed by atoms with Gasteiger partial charge in [0.2, 0.25) is 5.91 Å². The quantitative estimate of drug-likeness (QED) is 0.789. The third-order valence-corrected chi connectivity index (χ3v) is 4.52. The maximum Gasteiger partial charge on any atom is 0.262 e. The van der Waals surface area contributed by atoms with Crippen LogP contribution >= 0.6 is 11.6 Å². The molecule has 0 radical (unpaired) electrons. The molecule has 0 saturated carbocycles. The smallest absolute Gasteiger partial charge is 0.262 e. The Hall–Kier alpha value is -2.86. The number of amides is 3. The van der Waals surface area contributed by atoms with E-state index in [1.165, 1.54) is 0 Å². The first-order valence-corrected chi connectivity index (χ1v) is 8.43. The molecule has 0 aromatic heterocycles. The van der Waals surface area contributed by atoms with Crippen LogP contribution in [0, 0.1) is 0 Å². The van der Waals surface area contributed by atoms with Gasteiger partial charge < -0.3 is 10.1 Å². The summed E-state index contributed by atoms with van der Waals surface area (Å²) < 4.78 is 5.15. The van der Waals surface area contributed by atoms with E-state index in [2.05, 4.69) is 5.32 Å². The van der Waals surface area contributed by atoms with E-state index < -0.39 is 17.7 Å². The van der Waals surface area contributed by atoms with Gasteiger partial charge in [-0.05, 0) is 42.3 Å². The summed E-state index contributed by atoms with van der Waals surface area (Å²) in [4.78, 5) is 37.6. The summed E-state index contributed by atoms with van der Waals surface area (Å²) in [6, 6.07) is 11.8. The molecule has 134 valence electrons. The third-order valence-electron chi connectivity index (χ3n) is 4.15. The van der Waals surface area contributed by atoms with Crippen LogP contribution in [0.2, 0.25) is 5.02 Å². The highest BCUT2D eigenvalue weighted by molar-refractivity contribution is 6.31. The molecular formula is C19H17ClN2O4. The highest BCUT2D eigenvalue weighted by Crippen LogP contribution is 2.23. The minimum atomic E-state index is -0.448. The summed E-state index contributed by atoms with van der Waals surface area (Å²) >= 11 is 6.13. The van der Waals surface area contributed by atoms with Crippen molar-refractivity contribution in [1.29, 1.82) is 0 Å². The summed E-state index contributed by atoms with van der Waals surface area (Å²) in [6.45, 7) is 0.0209. The van der Waals surface area contributed by atoms with Crippen molar-refractivity contribution in [2.75, 3.05) is 20.2 Å². The van der Waals surface area contributed by atoms with Gasteiger partial charge in [-0.25, -0.2) is 0 Å². The van der Waals surface area contributed by atoms with Gasteiger partial charge in [0.05, 0.1) is 18.2 Å². The van der Waals surface area contributed by atoms with E-state index in [9.17, 15) is 14.4 Å². The highest BCUT2D eigenvalue weighted by Gasteiger charge is 2.36. The fourth-order valence-electron chi connectivity index (χ4n) is 2.79. The lowest BCUT2D eigenvalue weighted by molar-refractivity contribution is -0.121. The molecular weight excluding hydrogens is 356 g/mol. The van der Waals surface area contributed by atoms with Gasteiger partial charge in [-0.15, -0.1) is 0 Å². The largest absolute Gasteiger partial charge is 0.497 e. The van der Waals surface area contributed by atoms with Gasteiger partial charge in [0.15, 0.2) is 0 Å². The van der Waals surface area contributed by atoms with Crippen LogP contribution in [0.5, 0.6) is 5.75 Å². The van der Waals surface area contributed by atoms with Crippen LogP contribution in [0.15, 0.2) is 42.5 Å². The number of carbonyl (C=O) groups is 3. The Morgan fingerprint density at radius 3 is 2.38 bits per heavy atom. The van der Waals surface area contributed by atoms with Gasteiger partial charge in [0.25, 0.3) is 11.8 Å². The normalized spacial score (nSPS) is 12.9. The molecule has 6 nitrogen and oxygen atoms in total. The van der Waals surface area contributed by atoms with E-state index in [0.717, 1.165) is 10.5 Å². The van der Waals surface area contributed by atoms with E-state index in [0.29, 0.717) is 34.9 Å². The summed E-state index contributed by atoms with van der Waals surface area (Å²) in [5.41, 5.74) is 1.49. The minimum Gasteiger partial charge on any atom is -0.497 e. The number of imide groups is 1. The van der Waals surface area contributed by atoms with Crippen LogP contribution in [0.1, 0.15) is 26.3 Å². The molecule has 0 spiro atoms. The molecule has 1 aliphatic rings. The summed E-state index contributed by atoms with van der Waals surface area (Å²) in [5, 5.41) is 3.29. The first-order chi connectivity index (χ1) is 12.5. The van der Waals surface area contributed by atoms with Crippen molar-refractivity contribution < 1.29 is 19.1 Å². The molecule has 26 heavy (non-hydrogen) atoms. The molecule has 3 rings (SSSR count). The van der Waals surface area contributed by atoms with Crippen molar-refractivity contribution >= 4 is 29.3 Å². The van der Waals surface area contributed by atoms with Crippen LogP contribution in [-0.4, -0.2) is 42.8 Å². The number of nitrogens with zero attached hydrogens (tertiary/aromatic N) is 1. The molecule has 0 fully saturated rings. The van der Waals surface area contributed by atoms with Crippen molar-refractivity contribution in [1.82, 2.24) is 10.2 Å². The minimum absolute atomic E-state index is 0.307. The molecule has 3 amide bonds. The predicted octanol–water partition coefficient (Wildman–Crippen LogP) is 2.30. The molecule has 2 aromatic rings. The van der Waals surface area contributed by atoms with Gasteiger partial charge in [-0.2, -0.15) is 0 Å². The second-order valence-electron chi connectivity index (χ2n) is 5.80. The van der Waals surface area contributed by atoms with Crippen molar-refractivity contribution in [3.05, 3.63) is 64.2 Å². The molecule has 0 aliphatic carbocycles. The Balaban J connectivity index is 1.56. The number of methoxy groups -OCH3 is 1. The number of ether oxygens (including phenoxy) is 1. The number of rotatable bonds is 6. The zero-order valence-corrected chi connectivity index (χ0v) is 14.9. The molecule has 0 saturated heterocycles.